The van der Waals surface area contributed by atoms with Crippen LogP contribution in [-0.2, 0) is 4.79 Å². The first-order chi connectivity index (χ1) is 5.59. The fraction of sp³-hybridized carbons (Fsp3) is 0.286. The molecule has 5 heteroatoms. The van der Waals surface area contributed by atoms with Crippen molar-refractivity contribution in [1.29, 1.82) is 0 Å². The van der Waals surface area contributed by atoms with Gasteiger partial charge in [-0.25, -0.2) is 0 Å². The highest BCUT2D eigenvalue weighted by molar-refractivity contribution is 9.10. The SMILES string of the molecule is NC(CC(=O)O)c1cc(Br)co1. The fourth-order valence-corrected chi connectivity index (χ4v) is 1.13. The maximum absolute atomic E-state index is 10.3. The number of aliphatic carboxylic acids is 1. The maximum Gasteiger partial charge on any atom is 0.305 e. The minimum Gasteiger partial charge on any atom is -0.481 e. The molecule has 3 N–H and O–H groups in total. The third kappa shape index (κ3) is 2.35. The van der Waals surface area contributed by atoms with Gasteiger partial charge in [-0.2, -0.15) is 0 Å². The number of rotatable bonds is 3. The summed E-state index contributed by atoms with van der Waals surface area (Å²) >= 11 is 3.17. The van der Waals surface area contributed by atoms with Gasteiger partial charge in [0.1, 0.15) is 12.0 Å². The lowest BCUT2D eigenvalue weighted by Gasteiger charge is -2.03. The fourth-order valence-electron chi connectivity index (χ4n) is 0.811. The second-order valence-corrected chi connectivity index (χ2v) is 3.29. The molecule has 0 aliphatic heterocycles. The van der Waals surface area contributed by atoms with Gasteiger partial charge in [0.15, 0.2) is 0 Å². The van der Waals surface area contributed by atoms with Gasteiger partial charge in [0.2, 0.25) is 0 Å². The van der Waals surface area contributed by atoms with Crippen LogP contribution >= 0.6 is 15.9 Å². The quantitative estimate of drug-likeness (QED) is 0.831. The summed E-state index contributed by atoms with van der Waals surface area (Å²) in [6.45, 7) is 0. The first-order valence-electron chi connectivity index (χ1n) is 3.31. The van der Waals surface area contributed by atoms with E-state index in [1.165, 1.54) is 6.26 Å². The highest BCUT2D eigenvalue weighted by atomic mass is 79.9. The molecule has 0 radical (unpaired) electrons. The lowest BCUT2D eigenvalue weighted by molar-refractivity contribution is -0.137. The van der Waals surface area contributed by atoms with Crippen LogP contribution in [0.5, 0.6) is 0 Å². The van der Waals surface area contributed by atoms with Crippen LogP contribution in [0.25, 0.3) is 0 Å². The van der Waals surface area contributed by atoms with E-state index in [1.54, 1.807) is 6.07 Å². The number of hydrogen-bond donors (Lipinski definition) is 2. The maximum atomic E-state index is 10.3. The Bertz CT molecular complexity index is 284. The number of carbonyl (C=O) groups is 1. The highest BCUT2D eigenvalue weighted by Crippen LogP contribution is 2.20. The molecule has 1 unspecified atom stereocenters. The zero-order valence-electron chi connectivity index (χ0n) is 6.16. The molecule has 0 aromatic carbocycles. The van der Waals surface area contributed by atoms with Gasteiger partial charge in [-0.15, -0.1) is 0 Å². The number of hydrogen-bond acceptors (Lipinski definition) is 3. The summed E-state index contributed by atoms with van der Waals surface area (Å²) in [7, 11) is 0. The molecule has 0 spiro atoms. The Labute approximate surface area is 77.5 Å². The van der Waals surface area contributed by atoms with Gasteiger partial charge in [0, 0.05) is 0 Å². The molecule has 1 aromatic rings. The predicted molar refractivity (Wildman–Crippen MR) is 45.6 cm³/mol. The van der Waals surface area contributed by atoms with E-state index >= 15 is 0 Å². The molecule has 4 nitrogen and oxygen atoms in total. The molecular formula is C7H8BrNO3. The second kappa shape index (κ2) is 3.73. The normalized spacial score (nSPS) is 12.8. The molecule has 0 fully saturated rings. The smallest absolute Gasteiger partial charge is 0.305 e. The van der Waals surface area contributed by atoms with Crippen LogP contribution in [0.4, 0.5) is 0 Å². The highest BCUT2D eigenvalue weighted by Gasteiger charge is 2.13. The molecule has 1 heterocycles. The van der Waals surface area contributed by atoms with Crippen molar-refractivity contribution in [2.24, 2.45) is 5.73 Å². The van der Waals surface area contributed by atoms with Gasteiger partial charge >= 0.3 is 5.97 Å². The Morgan fingerprint density at radius 3 is 2.92 bits per heavy atom. The molecule has 1 atom stereocenters. The minimum atomic E-state index is -0.935. The monoisotopic (exact) mass is 233 g/mol. The molecule has 0 bridgehead atoms. The zero-order valence-corrected chi connectivity index (χ0v) is 7.74. The average Bonchev–Trinajstić information content (AvgIpc) is 2.34. The number of halogens is 1. The molecule has 0 aliphatic carbocycles. The van der Waals surface area contributed by atoms with Crippen LogP contribution in [-0.4, -0.2) is 11.1 Å². The van der Waals surface area contributed by atoms with Crippen LogP contribution in [0.15, 0.2) is 21.2 Å². The second-order valence-electron chi connectivity index (χ2n) is 2.37. The number of carboxylic acid groups (broad SMARTS) is 1. The van der Waals surface area contributed by atoms with Crippen LogP contribution in [0, 0.1) is 0 Å². The van der Waals surface area contributed by atoms with E-state index in [2.05, 4.69) is 15.9 Å². The molecular weight excluding hydrogens is 226 g/mol. The summed E-state index contributed by atoms with van der Waals surface area (Å²) in [5.74, 6) is -0.459. The van der Waals surface area contributed by atoms with Gasteiger partial charge in [0.25, 0.3) is 0 Å². The molecule has 0 saturated heterocycles. The summed E-state index contributed by atoms with van der Waals surface area (Å²) in [6, 6.07) is 1.09. The molecule has 0 amide bonds. The van der Waals surface area contributed by atoms with E-state index in [-0.39, 0.29) is 6.42 Å². The van der Waals surface area contributed by atoms with Crippen molar-refractivity contribution in [1.82, 2.24) is 0 Å². The molecule has 1 rings (SSSR count). The molecule has 0 aliphatic rings. The van der Waals surface area contributed by atoms with Gasteiger partial charge in [-0.1, -0.05) is 0 Å². The van der Waals surface area contributed by atoms with Crippen LogP contribution < -0.4 is 5.73 Å². The first kappa shape index (κ1) is 9.28. The van der Waals surface area contributed by atoms with Crippen molar-refractivity contribution < 1.29 is 14.3 Å². The van der Waals surface area contributed by atoms with Crippen molar-refractivity contribution in [2.75, 3.05) is 0 Å². The summed E-state index contributed by atoms with van der Waals surface area (Å²) in [5, 5.41) is 8.42. The Morgan fingerprint density at radius 1 is 1.83 bits per heavy atom. The zero-order chi connectivity index (χ0) is 9.14. The van der Waals surface area contributed by atoms with E-state index in [0.717, 1.165) is 4.47 Å². The van der Waals surface area contributed by atoms with E-state index < -0.39 is 12.0 Å². The van der Waals surface area contributed by atoms with Gasteiger partial charge in [-0.3, -0.25) is 4.79 Å². The average molecular weight is 234 g/mol. The first-order valence-corrected chi connectivity index (χ1v) is 4.10. The van der Waals surface area contributed by atoms with Crippen molar-refractivity contribution in [3.8, 4) is 0 Å². The largest absolute Gasteiger partial charge is 0.481 e. The third-order valence-corrected chi connectivity index (χ3v) is 1.76. The van der Waals surface area contributed by atoms with E-state index in [9.17, 15) is 4.79 Å². The van der Waals surface area contributed by atoms with E-state index in [0.29, 0.717) is 5.76 Å². The molecule has 12 heavy (non-hydrogen) atoms. The molecule has 1 aromatic heterocycles. The van der Waals surface area contributed by atoms with E-state index in [1.807, 2.05) is 0 Å². The standard InChI is InChI=1S/C7H8BrNO3/c8-4-1-6(12-3-4)5(9)2-7(10)11/h1,3,5H,2,9H2,(H,10,11). The predicted octanol–water partition coefficient (Wildman–Crippen LogP) is 1.52. The van der Waals surface area contributed by atoms with Crippen LogP contribution in [0.1, 0.15) is 18.2 Å². The summed E-state index contributed by atoms with van der Waals surface area (Å²) in [5.41, 5.74) is 5.51. The summed E-state index contributed by atoms with van der Waals surface area (Å²) < 4.78 is 5.75. The van der Waals surface area contributed by atoms with Gasteiger partial charge < -0.3 is 15.3 Å². The lowest BCUT2D eigenvalue weighted by Crippen LogP contribution is -2.14. The van der Waals surface area contributed by atoms with Gasteiger partial charge in [0.05, 0.1) is 16.9 Å². The van der Waals surface area contributed by atoms with Crippen LogP contribution in [0.3, 0.4) is 0 Å². The van der Waals surface area contributed by atoms with Crippen molar-refractivity contribution in [3.63, 3.8) is 0 Å². The van der Waals surface area contributed by atoms with Crippen LogP contribution in [0.2, 0.25) is 0 Å². The number of nitrogens with two attached hydrogens (primary N) is 1. The van der Waals surface area contributed by atoms with E-state index in [4.69, 9.17) is 15.3 Å². The Morgan fingerprint density at radius 2 is 2.50 bits per heavy atom. The minimum absolute atomic E-state index is 0.125. The Kier molecular flexibility index (Phi) is 2.88. The molecule has 0 saturated carbocycles. The van der Waals surface area contributed by atoms with Crippen molar-refractivity contribution in [2.45, 2.75) is 12.5 Å². The topological polar surface area (TPSA) is 76.5 Å². The lowest BCUT2D eigenvalue weighted by atomic mass is 10.2. The summed E-state index contributed by atoms with van der Waals surface area (Å²) in [6.07, 6.45) is 1.34. The van der Waals surface area contributed by atoms with Gasteiger partial charge in [-0.05, 0) is 22.0 Å². The summed E-state index contributed by atoms with van der Waals surface area (Å²) in [4.78, 5) is 10.3. The third-order valence-electron chi connectivity index (χ3n) is 1.35. The Balaban J connectivity index is 2.64. The van der Waals surface area contributed by atoms with Crippen molar-refractivity contribution >= 4 is 21.9 Å². The number of furan rings is 1. The Hall–Kier alpha value is -0.810. The number of carboxylic acids is 1. The molecule has 66 valence electrons. The van der Waals surface area contributed by atoms with Crippen molar-refractivity contribution in [3.05, 3.63) is 22.6 Å².